The summed E-state index contributed by atoms with van der Waals surface area (Å²) in [4.78, 5) is 22.9. The molecule has 1 heterocycles. The molecule has 15 heavy (non-hydrogen) atoms. The second-order valence-electron chi connectivity index (χ2n) is 3.59. The van der Waals surface area contributed by atoms with E-state index in [1.54, 1.807) is 0 Å². The fraction of sp³-hybridized carbons (Fsp3) is 0.273. The first kappa shape index (κ1) is 9.71. The van der Waals surface area contributed by atoms with Crippen molar-refractivity contribution < 1.29 is 14.7 Å². The lowest BCUT2D eigenvalue weighted by atomic mass is 9.95. The highest BCUT2D eigenvalue weighted by molar-refractivity contribution is 5.73. The van der Waals surface area contributed by atoms with Crippen molar-refractivity contribution in [3.63, 3.8) is 0 Å². The van der Waals surface area contributed by atoms with Crippen LogP contribution < -0.4 is 0 Å². The molecule has 1 aromatic rings. The molecule has 78 valence electrons. The van der Waals surface area contributed by atoms with Crippen molar-refractivity contribution in [2.75, 3.05) is 0 Å². The van der Waals surface area contributed by atoms with Gasteiger partial charge in [0, 0.05) is 6.42 Å². The van der Waals surface area contributed by atoms with E-state index in [0.717, 1.165) is 11.1 Å². The molecule has 0 saturated heterocycles. The van der Waals surface area contributed by atoms with Gasteiger partial charge in [0.15, 0.2) is 0 Å². The summed E-state index contributed by atoms with van der Waals surface area (Å²) in [6.07, 6.45) is 0.136. The minimum Gasteiger partial charge on any atom is -0.465 e. The Morgan fingerprint density at radius 1 is 1.40 bits per heavy atom. The lowest BCUT2D eigenvalue weighted by Crippen LogP contribution is -2.44. The van der Waals surface area contributed by atoms with Crippen molar-refractivity contribution in [3.8, 4) is 0 Å². The first-order chi connectivity index (χ1) is 7.22. The second-order valence-corrected chi connectivity index (χ2v) is 3.59. The van der Waals surface area contributed by atoms with Crippen molar-refractivity contribution in [1.82, 2.24) is 4.90 Å². The van der Waals surface area contributed by atoms with E-state index in [4.69, 9.17) is 5.11 Å². The zero-order valence-electron chi connectivity index (χ0n) is 8.09. The summed E-state index contributed by atoms with van der Waals surface area (Å²) >= 11 is 0. The first-order valence-electron chi connectivity index (χ1n) is 4.74. The van der Waals surface area contributed by atoms with E-state index in [1.165, 1.54) is 4.90 Å². The number of carbonyl (C=O) groups is 2. The molecule has 4 nitrogen and oxygen atoms in total. The second kappa shape index (κ2) is 3.73. The third-order valence-corrected chi connectivity index (χ3v) is 2.69. The van der Waals surface area contributed by atoms with Gasteiger partial charge in [0.1, 0.15) is 6.29 Å². The van der Waals surface area contributed by atoms with E-state index in [-0.39, 0.29) is 0 Å². The molecule has 1 aliphatic heterocycles. The molecule has 1 aromatic carbocycles. The van der Waals surface area contributed by atoms with Gasteiger partial charge in [-0.05, 0) is 11.1 Å². The number of carbonyl (C=O) groups excluding carboxylic acids is 1. The summed E-state index contributed by atoms with van der Waals surface area (Å²) in [5.41, 5.74) is 2.05. The minimum atomic E-state index is -1.04. The van der Waals surface area contributed by atoms with Crippen LogP contribution in [0.4, 0.5) is 4.79 Å². The van der Waals surface area contributed by atoms with Gasteiger partial charge in [-0.1, -0.05) is 24.3 Å². The van der Waals surface area contributed by atoms with Gasteiger partial charge in [-0.25, -0.2) is 4.79 Å². The van der Waals surface area contributed by atoms with Gasteiger partial charge in [0.25, 0.3) is 0 Å². The predicted molar refractivity (Wildman–Crippen MR) is 53.6 cm³/mol. The number of nitrogens with zero attached hydrogens (tertiary/aromatic N) is 1. The molecule has 2 rings (SSSR count). The highest BCUT2D eigenvalue weighted by Crippen LogP contribution is 2.22. The number of rotatable bonds is 1. The summed E-state index contributed by atoms with van der Waals surface area (Å²) < 4.78 is 0. The lowest BCUT2D eigenvalue weighted by Gasteiger charge is -2.31. The van der Waals surface area contributed by atoms with Crippen molar-refractivity contribution >= 4 is 12.4 Å². The maximum Gasteiger partial charge on any atom is 0.408 e. The number of aldehydes is 1. The van der Waals surface area contributed by atoms with E-state index in [1.807, 2.05) is 24.3 Å². The monoisotopic (exact) mass is 205 g/mol. The van der Waals surface area contributed by atoms with Crippen LogP contribution in [0.15, 0.2) is 24.3 Å². The zero-order chi connectivity index (χ0) is 10.8. The molecule has 0 fully saturated rings. The Bertz CT molecular complexity index is 403. The van der Waals surface area contributed by atoms with E-state index >= 15 is 0 Å². The zero-order valence-corrected chi connectivity index (χ0v) is 8.09. The topological polar surface area (TPSA) is 57.6 Å². The Balaban J connectivity index is 2.34. The van der Waals surface area contributed by atoms with Gasteiger partial charge in [-0.2, -0.15) is 0 Å². The Kier molecular flexibility index (Phi) is 2.41. The molecule has 0 unspecified atom stereocenters. The number of fused-ring (bicyclic) bond motifs is 1. The molecule has 0 aromatic heterocycles. The summed E-state index contributed by atoms with van der Waals surface area (Å²) in [7, 11) is 0. The van der Waals surface area contributed by atoms with Gasteiger partial charge in [0.05, 0.1) is 12.6 Å². The predicted octanol–water partition coefficient (Wildman–Crippen LogP) is 1.29. The van der Waals surface area contributed by atoms with Crippen LogP contribution in [-0.4, -0.2) is 28.4 Å². The summed E-state index contributed by atoms with van der Waals surface area (Å²) in [6.45, 7) is 0.301. The summed E-state index contributed by atoms with van der Waals surface area (Å²) in [5.74, 6) is 0. The van der Waals surface area contributed by atoms with Crippen LogP contribution in [-0.2, 0) is 17.8 Å². The number of hydrogen-bond donors (Lipinski definition) is 1. The average Bonchev–Trinajstić information content (AvgIpc) is 2.27. The lowest BCUT2D eigenvalue weighted by molar-refractivity contribution is -0.112. The quantitative estimate of drug-likeness (QED) is 0.703. The Hall–Kier alpha value is -1.84. The summed E-state index contributed by atoms with van der Waals surface area (Å²) in [6, 6.07) is 7.06. The Morgan fingerprint density at radius 3 is 2.67 bits per heavy atom. The third kappa shape index (κ3) is 1.70. The van der Waals surface area contributed by atoms with Crippen molar-refractivity contribution in [3.05, 3.63) is 35.4 Å². The van der Waals surface area contributed by atoms with Crippen LogP contribution in [0.5, 0.6) is 0 Å². The Morgan fingerprint density at radius 2 is 2.07 bits per heavy atom. The maximum atomic E-state index is 10.9. The van der Waals surface area contributed by atoms with Gasteiger partial charge in [-0.3, -0.25) is 4.90 Å². The molecule has 0 spiro atoms. The standard InChI is InChI=1S/C11H11NO3/c13-7-10-5-8-3-1-2-4-9(8)6-12(10)11(14)15/h1-4,7,10H,5-6H2,(H,14,15)/t10-/m0/s1. The molecule has 1 amide bonds. The SMILES string of the molecule is O=C[C@@H]1Cc2ccccc2CN1C(=O)O. The molecule has 0 aliphatic carbocycles. The minimum absolute atomic E-state index is 0.301. The van der Waals surface area contributed by atoms with E-state index < -0.39 is 12.1 Å². The van der Waals surface area contributed by atoms with Crippen molar-refractivity contribution in [1.29, 1.82) is 0 Å². The molecule has 1 atom stereocenters. The van der Waals surface area contributed by atoms with Crippen LogP contribution >= 0.6 is 0 Å². The van der Waals surface area contributed by atoms with Crippen molar-refractivity contribution in [2.45, 2.75) is 19.0 Å². The molecular formula is C11H11NO3. The van der Waals surface area contributed by atoms with Gasteiger partial charge in [-0.15, -0.1) is 0 Å². The molecule has 0 bridgehead atoms. The van der Waals surface area contributed by atoms with Crippen LogP contribution in [0.2, 0.25) is 0 Å². The normalized spacial score (nSPS) is 19.5. The average molecular weight is 205 g/mol. The van der Waals surface area contributed by atoms with Gasteiger partial charge < -0.3 is 9.90 Å². The Labute approximate surface area is 87.1 Å². The number of amides is 1. The highest BCUT2D eigenvalue weighted by atomic mass is 16.4. The fourth-order valence-electron chi connectivity index (χ4n) is 1.88. The molecule has 1 N–H and O–H groups in total. The number of carboxylic acid groups (broad SMARTS) is 1. The molecule has 0 radical (unpaired) electrons. The summed E-state index contributed by atoms with van der Waals surface area (Å²) in [5, 5.41) is 8.93. The first-order valence-corrected chi connectivity index (χ1v) is 4.74. The fourth-order valence-corrected chi connectivity index (χ4v) is 1.88. The van der Waals surface area contributed by atoms with Crippen molar-refractivity contribution in [2.24, 2.45) is 0 Å². The number of hydrogen-bond acceptors (Lipinski definition) is 2. The van der Waals surface area contributed by atoms with Gasteiger partial charge >= 0.3 is 6.09 Å². The van der Waals surface area contributed by atoms with E-state index in [0.29, 0.717) is 19.3 Å². The molecule has 1 aliphatic rings. The molecule has 0 saturated carbocycles. The largest absolute Gasteiger partial charge is 0.465 e. The molecule has 4 heteroatoms. The smallest absolute Gasteiger partial charge is 0.408 e. The maximum absolute atomic E-state index is 10.9. The highest BCUT2D eigenvalue weighted by Gasteiger charge is 2.28. The van der Waals surface area contributed by atoms with Crippen LogP contribution in [0.1, 0.15) is 11.1 Å². The van der Waals surface area contributed by atoms with Crippen LogP contribution in [0, 0.1) is 0 Å². The van der Waals surface area contributed by atoms with Crippen LogP contribution in [0.3, 0.4) is 0 Å². The van der Waals surface area contributed by atoms with Gasteiger partial charge in [0.2, 0.25) is 0 Å². The van der Waals surface area contributed by atoms with E-state index in [9.17, 15) is 9.59 Å². The number of benzene rings is 1. The van der Waals surface area contributed by atoms with Crippen LogP contribution in [0.25, 0.3) is 0 Å². The third-order valence-electron chi connectivity index (χ3n) is 2.69. The molecular weight excluding hydrogens is 194 g/mol. The van der Waals surface area contributed by atoms with E-state index in [2.05, 4.69) is 0 Å².